The summed E-state index contributed by atoms with van der Waals surface area (Å²) in [4.78, 5) is 59.3. The molecule has 1 amide bonds. The Kier molecular flexibility index (Phi) is 8.85. The zero-order chi connectivity index (χ0) is 24.7. The van der Waals surface area contributed by atoms with Gasteiger partial charge in [0.15, 0.2) is 12.2 Å². The summed E-state index contributed by atoms with van der Waals surface area (Å²) in [7, 11) is 0. The minimum Gasteiger partial charge on any atom is -0.463 e. The molecule has 11 nitrogen and oxygen atoms in total. The molecular formula is C21H24FNO10. The van der Waals surface area contributed by atoms with Gasteiger partial charge in [-0.1, -0.05) is 0 Å². The molecule has 12 heteroatoms. The Morgan fingerprint density at radius 1 is 0.848 bits per heavy atom. The van der Waals surface area contributed by atoms with Gasteiger partial charge in [0.2, 0.25) is 6.29 Å². The predicted molar refractivity (Wildman–Crippen MR) is 106 cm³/mol. The molecule has 1 saturated heterocycles. The molecule has 0 radical (unpaired) electrons. The molecule has 180 valence electrons. The maximum Gasteiger partial charge on any atom is 0.305 e. The van der Waals surface area contributed by atoms with Crippen LogP contribution < -0.4 is 5.32 Å². The number of halogens is 1. The first-order valence-electron chi connectivity index (χ1n) is 9.84. The molecule has 0 bridgehead atoms. The molecule has 0 spiro atoms. The maximum absolute atomic E-state index is 13.2. The fraction of sp³-hybridized carbons (Fsp3) is 0.476. The lowest BCUT2D eigenvalue weighted by Crippen LogP contribution is -2.67. The van der Waals surface area contributed by atoms with Crippen molar-refractivity contribution in [2.24, 2.45) is 0 Å². The van der Waals surface area contributed by atoms with Crippen LogP contribution in [0.4, 0.5) is 4.39 Å². The van der Waals surface area contributed by atoms with Gasteiger partial charge >= 0.3 is 23.9 Å². The van der Waals surface area contributed by atoms with E-state index in [1.807, 2.05) is 0 Å². The number of nitrogens with one attached hydrogen (secondary N) is 1. The standard InChI is InChI=1S/C21H24FNO10/c1-10(24)29-9-16-18(30-11(2)25)19(31-12(3)26)17(21(33-16)32-13(4)27)23-20(28)14-5-7-15(22)8-6-14/h5-8,16-19,21H,9H2,1-4H3,(H,23,28)/t16-,17+,18-,19-,21-/m0/s1. The van der Waals surface area contributed by atoms with E-state index in [2.05, 4.69) is 5.32 Å². The highest BCUT2D eigenvalue weighted by Gasteiger charge is 2.52. The zero-order valence-corrected chi connectivity index (χ0v) is 18.4. The van der Waals surface area contributed by atoms with Gasteiger partial charge in [-0.05, 0) is 24.3 Å². The van der Waals surface area contributed by atoms with Crippen LogP contribution in [0, 0.1) is 5.82 Å². The summed E-state index contributed by atoms with van der Waals surface area (Å²) in [6.07, 6.45) is -5.44. The Hall–Kier alpha value is -3.54. The molecule has 1 N–H and O–H groups in total. The van der Waals surface area contributed by atoms with Crippen molar-refractivity contribution in [1.82, 2.24) is 5.32 Å². The van der Waals surface area contributed by atoms with E-state index in [0.717, 1.165) is 39.8 Å². The third-order valence-corrected chi connectivity index (χ3v) is 4.39. The highest BCUT2D eigenvalue weighted by atomic mass is 19.1. The molecule has 2 rings (SSSR count). The van der Waals surface area contributed by atoms with Gasteiger partial charge in [-0.2, -0.15) is 0 Å². The summed E-state index contributed by atoms with van der Waals surface area (Å²) in [6, 6.07) is 3.21. The fourth-order valence-electron chi connectivity index (χ4n) is 3.16. The van der Waals surface area contributed by atoms with Crippen molar-refractivity contribution < 1.29 is 52.0 Å². The molecule has 1 aromatic rings. The number of benzene rings is 1. The van der Waals surface area contributed by atoms with Crippen LogP contribution in [-0.4, -0.2) is 67.0 Å². The van der Waals surface area contributed by atoms with Gasteiger partial charge in [-0.25, -0.2) is 4.39 Å². The molecule has 1 aliphatic rings. The van der Waals surface area contributed by atoms with Crippen LogP contribution in [0.5, 0.6) is 0 Å². The highest BCUT2D eigenvalue weighted by Crippen LogP contribution is 2.28. The second-order valence-corrected chi connectivity index (χ2v) is 7.11. The van der Waals surface area contributed by atoms with E-state index in [4.69, 9.17) is 23.7 Å². The van der Waals surface area contributed by atoms with E-state index in [1.165, 1.54) is 12.1 Å². The predicted octanol–water partition coefficient (Wildman–Crippen LogP) is 0.639. The van der Waals surface area contributed by atoms with Gasteiger partial charge in [-0.15, -0.1) is 0 Å². The Bertz CT molecular complexity index is 903. The van der Waals surface area contributed by atoms with Crippen molar-refractivity contribution in [3.8, 4) is 0 Å². The Morgan fingerprint density at radius 2 is 1.39 bits per heavy atom. The largest absolute Gasteiger partial charge is 0.463 e. The number of ether oxygens (including phenoxy) is 5. The van der Waals surface area contributed by atoms with Gasteiger partial charge < -0.3 is 29.0 Å². The van der Waals surface area contributed by atoms with E-state index in [1.54, 1.807) is 0 Å². The molecule has 0 unspecified atom stereocenters. The van der Waals surface area contributed by atoms with Crippen molar-refractivity contribution in [2.75, 3.05) is 6.61 Å². The van der Waals surface area contributed by atoms with E-state index >= 15 is 0 Å². The lowest BCUT2D eigenvalue weighted by molar-refractivity contribution is -0.270. The van der Waals surface area contributed by atoms with Gasteiger partial charge in [0, 0.05) is 33.3 Å². The topological polar surface area (TPSA) is 144 Å². The lowest BCUT2D eigenvalue weighted by Gasteiger charge is -2.44. The Labute approximate surface area is 188 Å². The monoisotopic (exact) mass is 469 g/mol. The third-order valence-electron chi connectivity index (χ3n) is 4.39. The molecule has 1 fully saturated rings. The van der Waals surface area contributed by atoms with Crippen LogP contribution in [0.3, 0.4) is 0 Å². The average Bonchev–Trinajstić information content (AvgIpc) is 2.70. The van der Waals surface area contributed by atoms with Gasteiger partial charge in [0.1, 0.15) is 24.6 Å². The molecule has 0 aliphatic carbocycles. The normalized spacial score (nSPS) is 24.2. The summed E-state index contributed by atoms with van der Waals surface area (Å²) in [5.74, 6) is -4.33. The number of rotatable bonds is 7. The number of hydrogen-bond donors (Lipinski definition) is 1. The first-order chi connectivity index (χ1) is 15.5. The quantitative estimate of drug-likeness (QED) is 0.446. The molecule has 1 aliphatic heterocycles. The smallest absolute Gasteiger partial charge is 0.305 e. The van der Waals surface area contributed by atoms with Crippen LogP contribution in [0.2, 0.25) is 0 Å². The summed E-state index contributed by atoms with van der Waals surface area (Å²) in [5.41, 5.74) is 0.0469. The average molecular weight is 469 g/mol. The zero-order valence-electron chi connectivity index (χ0n) is 18.4. The van der Waals surface area contributed by atoms with Crippen molar-refractivity contribution in [1.29, 1.82) is 0 Å². The summed E-state index contributed by atoms with van der Waals surface area (Å²) < 4.78 is 39.6. The van der Waals surface area contributed by atoms with Gasteiger partial charge in [0.25, 0.3) is 5.91 Å². The second-order valence-electron chi connectivity index (χ2n) is 7.11. The Balaban J connectivity index is 2.44. The van der Waals surface area contributed by atoms with Crippen molar-refractivity contribution >= 4 is 29.8 Å². The van der Waals surface area contributed by atoms with Crippen molar-refractivity contribution in [2.45, 2.75) is 58.3 Å². The molecule has 0 saturated carbocycles. The number of esters is 4. The van der Waals surface area contributed by atoms with Gasteiger partial charge in [-0.3, -0.25) is 24.0 Å². The number of carbonyl (C=O) groups excluding carboxylic acids is 5. The van der Waals surface area contributed by atoms with E-state index in [9.17, 15) is 28.4 Å². The fourth-order valence-corrected chi connectivity index (χ4v) is 3.16. The highest BCUT2D eigenvalue weighted by molar-refractivity contribution is 5.94. The van der Waals surface area contributed by atoms with Gasteiger partial charge in [0.05, 0.1) is 0 Å². The third kappa shape index (κ3) is 7.52. The SMILES string of the molecule is CC(=O)OC[C@@H]1O[C@H](OC(C)=O)[C@H](NC(=O)c2ccc(F)cc2)[C@H](OC(C)=O)[C@H]1OC(C)=O. The van der Waals surface area contributed by atoms with Crippen LogP contribution in [-0.2, 0) is 42.9 Å². The summed E-state index contributed by atoms with van der Waals surface area (Å²) in [6.45, 7) is 3.98. The molecule has 33 heavy (non-hydrogen) atoms. The summed E-state index contributed by atoms with van der Waals surface area (Å²) in [5, 5.41) is 2.51. The molecular weight excluding hydrogens is 445 g/mol. The number of hydrogen-bond acceptors (Lipinski definition) is 10. The molecule has 0 aromatic heterocycles. The first kappa shape index (κ1) is 25.7. The lowest BCUT2D eigenvalue weighted by atomic mass is 9.95. The van der Waals surface area contributed by atoms with Crippen LogP contribution in [0.15, 0.2) is 24.3 Å². The first-order valence-corrected chi connectivity index (χ1v) is 9.84. The van der Waals surface area contributed by atoms with E-state index in [0.29, 0.717) is 0 Å². The number of amides is 1. The van der Waals surface area contributed by atoms with E-state index < -0.39 is 72.9 Å². The number of carbonyl (C=O) groups is 5. The second kappa shape index (κ2) is 11.4. The molecule has 5 atom stereocenters. The van der Waals surface area contributed by atoms with Crippen molar-refractivity contribution in [3.05, 3.63) is 35.6 Å². The summed E-state index contributed by atoms with van der Waals surface area (Å²) >= 11 is 0. The minimum atomic E-state index is -1.51. The van der Waals surface area contributed by atoms with Crippen LogP contribution in [0.25, 0.3) is 0 Å². The van der Waals surface area contributed by atoms with Crippen LogP contribution >= 0.6 is 0 Å². The Morgan fingerprint density at radius 3 is 1.91 bits per heavy atom. The minimum absolute atomic E-state index is 0.0469. The van der Waals surface area contributed by atoms with E-state index in [-0.39, 0.29) is 5.56 Å². The van der Waals surface area contributed by atoms with Crippen molar-refractivity contribution in [3.63, 3.8) is 0 Å². The van der Waals surface area contributed by atoms with Crippen LogP contribution in [0.1, 0.15) is 38.1 Å². The molecule has 1 aromatic carbocycles. The molecule has 1 heterocycles. The maximum atomic E-state index is 13.2.